The van der Waals surface area contributed by atoms with Gasteiger partial charge in [0, 0.05) is 6.04 Å². The second-order valence-corrected chi connectivity index (χ2v) is 9.45. The van der Waals surface area contributed by atoms with E-state index in [9.17, 15) is 4.79 Å². The second kappa shape index (κ2) is 5.35. The third kappa shape index (κ3) is 6.40. The molecule has 0 aromatic rings. The summed E-state index contributed by atoms with van der Waals surface area (Å²) in [6.45, 7) is 6.68. The molecule has 0 unspecified atom stereocenters. The maximum atomic E-state index is 10.7. The Morgan fingerprint density at radius 3 is 2.33 bits per heavy atom. The van der Waals surface area contributed by atoms with E-state index < -0.39 is 8.07 Å². The minimum atomic E-state index is -1.28. The van der Waals surface area contributed by atoms with Crippen LogP contribution in [0.25, 0.3) is 0 Å². The molecule has 0 heterocycles. The summed E-state index contributed by atoms with van der Waals surface area (Å²) in [5, 5.41) is 0. The summed E-state index contributed by atoms with van der Waals surface area (Å²) in [6, 6.07) is 1.89. The molecule has 0 aliphatic carbocycles. The lowest BCUT2D eigenvalue weighted by atomic mass is 10.3. The van der Waals surface area contributed by atoms with Crippen LogP contribution in [0.5, 0.6) is 0 Å². The Morgan fingerprint density at radius 2 is 1.92 bits per heavy atom. The van der Waals surface area contributed by atoms with Gasteiger partial charge >= 0.3 is 0 Å². The first kappa shape index (κ1) is 11.7. The van der Waals surface area contributed by atoms with Crippen molar-refractivity contribution in [3.63, 3.8) is 0 Å². The van der Waals surface area contributed by atoms with Crippen LogP contribution in [-0.4, -0.2) is 14.0 Å². The van der Waals surface area contributed by atoms with Crippen molar-refractivity contribution in [3.05, 3.63) is 0 Å². The van der Waals surface area contributed by atoms with Crippen LogP contribution in [0.1, 0.15) is 26.2 Å². The van der Waals surface area contributed by atoms with Crippen LogP contribution in [0, 0.1) is 0 Å². The van der Waals surface area contributed by atoms with E-state index in [1.54, 1.807) is 0 Å². The van der Waals surface area contributed by atoms with Gasteiger partial charge in [0.05, 0.1) is 8.07 Å². The fraction of sp³-hybridized carbons (Fsp3) is 0.889. The molecule has 0 bridgehead atoms. The summed E-state index contributed by atoms with van der Waals surface area (Å²) < 4.78 is 0. The first-order valence-electron chi connectivity index (χ1n) is 4.76. The maximum absolute atomic E-state index is 10.7. The topological polar surface area (TPSA) is 43.1 Å². The minimum Gasteiger partial charge on any atom is -0.370 e. The van der Waals surface area contributed by atoms with Crippen molar-refractivity contribution in [3.8, 4) is 0 Å². The average molecular weight is 187 g/mol. The van der Waals surface area contributed by atoms with Gasteiger partial charge in [0.15, 0.2) is 0 Å². The molecule has 0 spiro atoms. The molecule has 12 heavy (non-hydrogen) atoms. The lowest BCUT2D eigenvalue weighted by Crippen LogP contribution is -2.31. The van der Waals surface area contributed by atoms with Gasteiger partial charge in [-0.1, -0.05) is 45.3 Å². The molecular weight excluding hydrogens is 166 g/mol. The molecule has 0 rings (SSSR count). The van der Waals surface area contributed by atoms with E-state index in [2.05, 4.69) is 20.0 Å². The SMILES string of the molecule is CCCCC[Si](C)(C)CC(N)=O. The van der Waals surface area contributed by atoms with E-state index in [0.717, 1.165) is 0 Å². The molecule has 0 aromatic carbocycles. The van der Waals surface area contributed by atoms with Crippen molar-refractivity contribution in [2.45, 2.75) is 51.4 Å². The van der Waals surface area contributed by atoms with E-state index in [1.165, 1.54) is 25.3 Å². The van der Waals surface area contributed by atoms with Gasteiger partial charge < -0.3 is 5.73 Å². The van der Waals surface area contributed by atoms with E-state index >= 15 is 0 Å². The van der Waals surface area contributed by atoms with Crippen LogP contribution in [0.3, 0.4) is 0 Å². The number of carbonyl (C=O) groups is 1. The van der Waals surface area contributed by atoms with Crippen LogP contribution in [-0.2, 0) is 4.79 Å². The Hall–Kier alpha value is -0.313. The Balaban J connectivity index is 3.63. The van der Waals surface area contributed by atoms with Gasteiger partial charge in [-0.25, -0.2) is 0 Å². The number of primary amides is 1. The lowest BCUT2D eigenvalue weighted by molar-refractivity contribution is -0.116. The quantitative estimate of drug-likeness (QED) is 0.503. The molecule has 0 aromatic heterocycles. The highest BCUT2D eigenvalue weighted by Crippen LogP contribution is 2.18. The smallest absolute Gasteiger partial charge is 0.214 e. The standard InChI is InChI=1S/C9H21NOSi/c1-4-5-6-7-12(2,3)8-9(10)11/h4-8H2,1-3H3,(H2,10,11). The van der Waals surface area contributed by atoms with E-state index in [4.69, 9.17) is 5.73 Å². The highest BCUT2D eigenvalue weighted by Gasteiger charge is 2.21. The molecule has 3 heteroatoms. The van der Waals surface area contributed by atoms with E-state index in [1.807, 2.05) is 0 Å². The molecule has 72 valence electrons. The summed E-state index contributed by atoms with van der Waals surface area (Å²) >= 11 is 0. The summed E-state index contributed by atoms with van der Waals surface area (Å²) in [7, 11) is -1.28. The summed E-state index contributed by atoms with van der Waals surface area (Å²) in [5.74, 6) is -0.122. The molecule has 2 nitrogen and oxygen atoms in total. The largest absolute Gasteiger partial charge is 0.370 e. The van der Waals surface area contributed by atoms with Gasteiger partial charge in [0.1, 0.15) is 0 Å². The van der Waals surface area contributed by atoms with Gasteiger partial charge in [-0.3, -0.25) is 4.79 Å². The summed E-state index contributed by atoms with van der Waals surface area (Å²) in [6.07, 6.45) is 3.80. The fourth-order valence-corrected chi connectivity index (χ4v) is 3.74. The van der Waals surface area contributed by atoms with Crippen LogP contribution in [0.2, 0.25) is 25.2 Å². The number of nitrogens with two attached hydrogens (primary N) is 1. The van der Waals surface area contributed by atoms with Crippen molar-refractivity contribution in [2.75, 3.05) is 0 Å². The predicted octanol–water partition coefficient (Wildman–Crippen LogP) is 2.37. The van der Waals surface area contributed by atoms with Gasteiger partial charge in [0.25, 0.3) is 0 Å². The first-order chi connectivity index (χ1) is 5.48. The number of carbonyl (C=O) groups excluding carboxylic acids is 1. The van der Waals surface area contributed by atoms with Crippen molar-refractivity contribution >= 4 is 14.0 Å². The molecular formula is C9H21NOSi. The molecule has 0 radical (unpaired) electrons. The third-order valence-corrected chi connectivity index (χ3v) is 5.12. The van der Waals surface area contributed by atoms with Crippen LogP contribution in [0.4, 0.5) is 0 Å². The maximum Gasteiger partial charge on any atom is 0.214 e. The molecule has 0 aliphatic heterocycles. The molecule has 2 N–H and O–H groups in total. The molecule has 0 fully saturated rings. The molecule has 0 saturated heterocycles. The van der Waals surface area contributed by atoms with Crippen molar-refractivity contribution in [1.29, 1.82) is 0 Å². The highest BCUT2D eigenvalue weighted by molar-refractivity contribution is 6.79. The molecule has 1 amide bonds. The van der Waals surface area contributed by atoms with Gasteiger partial charge in [-0.15, -0.1) is 0 Å². The van der Waals surface area contributed by atoms with Crippen molar-refractivity contribution in [1.82, 2.24) is 0 Å². The Morgan fingerprint density at radius 1 is 1.33 bits per heavy atom. The van der Waals surface area contributed by atoms with Crippen molar-refractivity contribution < 1.29 is 4.79 Å². The fourth-order valence-electron chi connectivity index (χ4n) is 1.41. The zero-order valence-electron chi connectivity index (χ0n) is 8.52. The van der Waals surface area contributed by atoms with Crippen LogP contribution in [0.15, 0.2) is 0 Å². The number of unbranched alkanes of at least 4 members (excludes halogenated alkanes) is 2. The summed E-state index contributed by atoms with van der Waals surface area (Å²) in [4.78, 5) is 10.7. The molecule has 0 atom stereocenters. The van der Waals surface area contributed by atoms with Crippen LogP contribution < -0.4 is 5.73 Å². The first-order valence-corrected chi connectivity index (χ1v) is 8.17. The van der Waals surface area contributed by atoms with E-state index in [0.29, 0.717) is 6.04 Å². The highest BCUT2D eigenvalue weighted by atomic mass is 28.3. The molecule has 0 saturated carbocycles. The van der Waals surface area contributed by atoms with Gasteiger partial charge in [0.2, 0.25) is 5.91 Å². The third-order valence-electron chi connectivity index (χ3n) is 2.11. The monoisotopic (exact) mass is 187 g/mol. The van der Waals surface area contributed by atoms with Gasteiger partial charge in [-0.2, -0.15) is 0 Å². The Labute approximate surface area is 76.5 Å². The number of rotatable bonds is 6. The summed E-state index contributed by atoms with van der Waals surface area (Å²) in [5.41, 5.74) is 5.18. The predicted molar refractivity (Wildman–Crippen MR) is 55.8 cm³/mol. The number of hydrogen-bond acceptors (Lipinski definition) is 1. The van der Waals surface area contributed by atoms with Gasteiger partial charge in [-0.05, 0) is 0 Å². The van der Waals surface area contributed by atoms with Crippen molar-refractivity contribution in [2.24, 2.45) is 5.73 Å². The lowest BCUT2D eigenvalue weighted by Gasteiger charge is -2.19. The Kier molecular flexibility index (Phi) is 5.21. The van der Waals surface area contributed by atoms with Crippen LogP contribution >= 0.6 is 0 Å². The zero-order valence-corrected chi connectivity index (χ0v) is 9.52. The number of amides is 1. The Bertz CT molecular complexity index is 145. The second-order valence-electron chi connectivity index (χ2n) is 4.26. The zero-order chi connectivity index (χ0) is 9.61. The number of hydrogen-bond donors (Lipinski definition) is 1. The van der Waals surface area contributed by atoms with E-state index in [-0.39, 0.29) is 5.91 Å². The normalized spacial score (nSPS) is 11.6. The minimum absolute atomic E-state index is 0.122. The molecule has 0 aliphatic rings. The average Bonchev–Trinajstić information content (AvgIpc) is 1.84.